The molecule has 1 rings (SSSR count). The highest BCUT2D eigenvalue weighted by Crippen LogP contribution is 2.22. The van der Waals surface area contributed by atoms with Crippen LogP contribution in [0.2, 0.25) is 0 Å². The van der Waals surface area contributed by atoms with Crippen LogP contribution in [0.3, 0.4) is 0 Å². The van der Waals surface area contributed by atoms with Gasteiger partial charge in [0.15, 0.2) is 0 Å². The molecule has 7 heteroatoms. The lowest BCUT2D eigenvalue weighted by Gasteiger charge is -2.39. The summed E-state index contributed by atoms with van der Waals surface area (Å²) in [6.07, 6.45) is -0.695. The maximum Gasteiger partial charge on any atom is 0.408 e. The first-order valence-corrected chi connectivity index (χ1v) is 6.91. The first-order valence-electron chi connectivity index (χ1n) is 6.91. The van der Waals surface area contributed by atoms with Gasteiger partial charge in [0.25, 0.3) is 5.69 Å². The highest BCUT2D eigenvalue weighted by molar-refractivity contribution is 5.66. The van der Waals surface area contributed by atoms with Crippen molar-refractivity contribution >= 4 is 11.8 Å². The summed E-state index contributed by atoms with van der Waals surface area (Å²) in [5.41, 5.74) is 0.0912. The predicted molar refractivity (Wildman–Crippen MR) is 82.1 cm³/mol. The van der Waals surface area contributed by atoms with Crippen LogP contribution in [-0.2, 0) is 11.2 Å². The highest BCUT2D eigenvalue weighted by Gasteiger charge is 2.33. The Morgan fingerprint density at radius 3 is 2.55 bits per heavy atom. The van der Waals surface area contributed by atoms with Crippen molar-refractivity contribution in [3.63, 3.8) is 0 Å². The van der Waals surface area contributed by atoms with Crippen LogP contribution in [-0.4, -0.2) is 46.3 Å². The topological polar surface area (TPSA) is 92.9 Å². The van der Waals surface area contributed by atoms with Gasteiger partial charge in [0.2, 0.25) is 0 Å². The van der Waals surface area contributed by atoms with Crippen molar-refractivity contribution < 1.29 is 19.6 Å². The minimum atomic E-state index is -1.04. The molecular weight excluding hydrogens is 288 g/mol. The van der Waals surface area contributed by atoms with Gasteiger partial charge in [-0.1, -0.05) is 12.1 Å². The minimum Gasteiger partial charge on any atom is -0.465 e. The Morgan fingerprint density at radius 1 is 1.45 bits per heavy atom. The van der Waals surface area contributed by atoms with E-state index in [1.165, 1.54) is 24.1 Å². The van der Waals surface area contributed by atoms with Gasteiger partial charge in [0.05, 0.1) is 17.6 Å². The number of non-ortho nitro benzene ring substituents is 1. The number of carboxylic acid groups (broad SMARTS) is 1. The molecule has 0 unspecified atom stereocenters. The molecule has 0 saturated heterocycles. The largest absolute Gasteiger partial charge is 0.465 e. The van der Waals surface area contributed by atoms with Crippen molar-refractivity contribution in [1.82, 2.24) is 4.90 Å². The summed E-state index contributed by atoms with van der Waals surface area (Å²) in [4.78, 5) is 23.3. The van der Waals surface area contributed by atoms with Crippen molar-refractivity contribution in [1.29, 1.82) is 0 Å². The Balaban J connectivity index is 3.08. The van der Waals surface area contributed by atoms with E-state index < -0.39 is 22.6 Å². The molecule has 0 heterocycles. The molecule has 1 N–H and O–H groups in total. The molecular formula is C15H22N2O5. The number of methoxy groups -OCH3 is 1. The molecule has 0 radical (unpaired) electrons. The Hall–Kier alpha value is -2.15. The van der Waals surface area contributed by atoms with E-state index in [4.69, 9.17) is 4.74 Å². The second kappa shape index (κ2) is 7.22. The monoisotopic (exact) mass is 310 g/mol. The van der Waals surface area contributed by atoms with E-state index in [1.54, 1.807) is 32.9 Å². The summed E-state index contributed by atoms with van der Waals surface area (Å²) in [6, 6.07) is 5.79. The van der Waals surface area contributed by atoms with E-state index in [2.05, 4.69) is 0 Å². The SMILES string of the molecule is COC[C@H](Cc1cccc([N+](=O)[O-])c1)N(C(=O)O)C(C)(C)C. The number of nitro groups is 1. The van der Waals surface area contributed by atoms with Gasteiger partial charge in [-0.15, -0.1) is 0 Å². The van der Waals surface area contributed by atoms with E-state index >= 15 is 0 Å². The molecule has 0 aromatic heterocycles. The Morgan fingerprint density at radius 2 is 2.09 bits per heavy atom. The van der Waals surface area contributed by atoms with Gasteiger partial charge in [0, 0.05) is 24.8 Å². The molecule has 0 fully saturated rings. The number of ether oxygens (including phenoxy) is 1. The summed E-state index contributed by atoms with van der Waals surface area (Å²) in [6.45, 7) is 5.62. The van der Waals surface area contributed by atoms with Gasteiger partial charge in [-0.25, -0.2) is 4.79 Å². The number of hydrogen-bond acceptors (Lipinski definition) is 4. The number of nitrogens with zero attached hydrogens (tertiary/aromatic N) is 2. The zero-order valence-corrected chi connectivity index (χ0v) is 13.3. The first kappa shape index (κ1) is 17.9. The molecule has 1 aromatic rings. The number of hydrogen-bond donors (Lipinski definition) is 1. The van der Waals surface area contributed by atoms with E-state index in [-0.39, 0.29) is 12.3 Å². The van der Waals surface area contributed by atoms with Crippen LogP contribution in [0.25, 0.3) is 0 Å². The summed E-state index contributed by atoms with van der Waals surface area (Å²) < 4.78 is 5.14. The zero-order chi connectivity index (χ0) is 16.9. The van der Waals surface area contributed by atoms with Crippen molar-refractivity contribution in [3.05, 3.63) is 39.9 Å². The van der Waals surface area contributed by atoms with E-state index in [0.29, 0.717) is 12.0 Å². The molecule has 122 valence electrons. The maximum atomic E-state index is 11.6. The highest BCUT2D eigenvalue weighted by atomic mass is 16.6. The molecule has 0 bridgehead atoms. The standard InChI is InChI=1S/C15H22N2O5/c1-15(2,3)16(14(18)19)13(10-22-4)9-11-6-5-7-12(8-11)17(20)21/h5-8,13H,9-10H2,1-4H3,(H,18,19)/t13-/m0/s1. The van der Waals surface area contributed by atoms with Crippen molar-refractivity contribution in [2.45, 2.75) is 38.8 Å². The van der Waals surface area contributed by atoms with E-state index in [1.807, 2.05) is 0 Å². The molecule has 0 saturated carbocycles. The fourth-order valence-electron chi connectivity index (χ4n) is 2.48. The van der Waals surface area contributed by atoms with Crippen LogP contribution in [0, 0.1) is 10.1 Å². The Bertz CT molecular complexity index is 539. The Kier molecular flexibility index (Phi) is 5.87. The van der Waals surface area contributed by atoms with Crippen LogP contribution >= 0.6 is 0 Å². The third kappa shape index (κ3) is 4.70. The van der Waals surface area contributed by atoms with Gasteiger partial charge in [-0.2, -0.15) is 0 Å². The van der Waals surface area contributed by atoms with Gasteiger partial charge in [-0.05, 0) is 32.8 Å². The Labute approximate surface area is 129 Å². The number of benzene rings is 1. The molecule has 1 aromatic carbocycles. The number of nitro benzene ring substituents is 1. The predicted octanol–water partition coefficient (Wildman–Crippen LogP) is 2.93. The normalized spacial score (nSPS) is 12.7. The first-order chi connectivity index (χ1) is 10.2. The molecule has 7 nitrogen and oxygen atoms in total. The van der Waals surface area contributed by atoms with Crippen LogP contribution in [0.4, 0.5) is 10.5 Å². The number of carbonyl (C=O) groups is 1. The summed E-state index contributed by atoms with van der Waals surface area (Å²) >= 11 is 0. The third-order valence-electron chi connectivity index (χ3n) is 3.25. The van der Waals surface area contributed by atoms with Gasteiger partial charge < -0.3 is 9.84 Å². The molecule has 0 aliphatic carbocycles. The number of rotatable bonds is 6. The molecule has 0 spiro atoms. The minimum absolute atomic E-state index is 0.00806. The molecule has 0 aliphatic heterocycles. The van der Waals surface area contributed by atoms with Crippen molar-refractivity contribution in [2.24, 2.45) is 0 Å². The number of amides is 1. The fraction of sp³-hybridized carbons (Fsp3) is 0.533. The average Bonchev–Trinajstić information content (AvgIpc) is 2.37. The summed E-state index contributed by atoms with van der Waals surface area (Å²) in [5.74, 6) is 0. The lowest BCUT2D eigenvalue weighted by molar-refractivity contribution is -0.384. The second-order valence-corrected chi connectivity index (χ2v) is 6.06. The van der Waals surface area contributed by atoms with Crippen LogP contribution in [0.15, 0.2) is 24.3 Å². The smallest absolute Gasteiger partial charge is 0.408 e. The quantitative estimate of drug-likeness (QED) is 0.644. The second-order valence-electron chi connectivity index (χ2n) is 6.06. The van der Waals surface area contributed by atoms with E-state index in [0.717, 1.165) is 0 Å². The summed E-state index contributed by atoms with van der Waals surface area (Å²) in [5, 5.41) is 20.3. The van der Waals surface area contributed by atoms with E-state index in [9.17, 15) is 20.0 Å². The molecule has 1 amide bonds. The third-order valence-corrected chi connectivity index (χ3v) is 3.25. The van der Waals surface area contributed by atoms with Gasteiger partial charge in [-0.3, -0.25) is 15.0 Å². The lowest BCUT2D eigenvalue weighted by Crippen LogP contribution is -2.53. The molecule has 22 heavy (non-hydrogen) atoms. The molecule has 0 aliphatic rings. The van der Waals surface area contributed by atoms with Crippen LogP contribution in [0.5, 0.6) is 0 Å². The maximum absolute atomic E-state index is 11.6. The average molecular weight is 310 g/mol. The van der Waals surface area contributed by atoms with Crippen LogP contribution < -0.4 is 0 Å². The van der Waals surface area contributed by atoms with Gasteiger partial charge in [0.1, 0.15) is 0 Å². The molecule has 1 atom stereocenters. The van der Waals surface area contributed by atoms with Crippen LogP contribution in [0.1, 0.15) is 26.3 Å². The van der Waals surface area contributed by atoms with Gasteiger partial charge >= 0.3 is 6.09 Å². The lowest BCUT2D eigenvalue weighted by atomic mass is 9.98. The van der Waals surface area contributed by atoms with Crippen molar-refractivity contribution in [3.8, 4) is 0 Å². The fourth-order valence-corrected chi connectivity index (χ4v) is 2.48. The van der Waals surface area contributed by atoms with Crippen molar-refractivity contribution in [2.75, 3.05) is 13.7 Å². The zero-order valence-electron chi connectivity index (χ0n) is 13.3. The summed E-state index contributed by atoms with van der Waals surface area (Å²) in [7, 11) is 1.50.